The highest BCUT2D eigenvalue weighted by Crippen LogP contribution is 2.34. The van der Waals surface area contributed by atoms with Crippen LogP contribution in [0.15, 0.2) is 30.3 Å². The van der Waals surface area contributed by atoms with E-state index in [0.29, 0.717) is 6.42 Å². The largest absolute Gasteiger partial charge is 0.544 e. The lowest BCUT2D eigenvalue weighted by Gasteiger charge is -2.27. The van der Waals surface area contributed by atoms with Crippen molar-refractivity contribution in [3.8, 4) is 0 Å². The number of carboxylic acids is 1. The number of ether oxygens (including phenoxy) is 1. The highest BCUT2D eigenvalue weighted by molar-refractivity contribution is 5.76. The van der Waals surface area contributed by atoms with Crippen LogP contribution in [-0.4, -0.2) is 17.9 Å². The number of esters is 1. The van der Waals surface area contributed by atoms with Crippen molar-refractivity contribution < 1.29 is 28.2 Å². The molecule has 0 amide bonds. The molecule has 1 aromatic rings. The maximum absolute atomic E-state index is 13.8. The number of unbranched alkanes of at least 4 members (excludes halogenated alkanes) is 3. The molecule has 0 saturated carbocycles. The van der Waals surface area contributed by atoms with E-state index in [0.717, 1.165) is 19.3 Å². The van der Waals surface area contributed by atoms with Gasteiger partial charge in [-0.15, -0.1) is 0 Å². The Morgan fingerprint density at radius 1 is 1.18 bits per heavy atom. The summed E-state index contributed by atoms with van der Waals surface area (Å²) in [7, 11) is 0. The Hall–Kier alpha value is -1.98. The third-order valence-electron chi connectivity index (χ3n) is 3.19. The minimum Gasteiger partial charge on any atom is -0.544 e. The van der Waals surface area contributed by atoms with Gasteiger partial charge in [-0.25, -0.2) is 0 Å². The van der Waals surface area contributed by atoms with Gasteiger partial charge in [-0.05, 0) is 12.0 Å². The number of carbonyl (C=O) groups excluding carboxylic acids is 2. The first-order valence-electron chi connectivity index (χ1n) is 7.23. The molecule has 0 bridgehead atoms. The monoisotopic (exact) mass is 313 g/mol. The number of alkyl halides is 2. The highest BCUT2D eigenvalue weighted by atomic mass is 19.3. The van der Waals surface area contributed by atoms with E-state index in [9.17, 15) is 23.5 Å². The fraction of sp³-hybridized carbons (Fsp3) is 0.500. The summed E-state index contributed by atoms with van der Waals surface area (Å²) in [4.78, 5) is 22.4. The zero-order valence-corrected chi connectivity index (χ0v) is 12.4. The molecule has 1 aromatic carbocycles. The summed E-state index contributed by atoms with van der Waals surface area (Å²) < 4.78 is 32.3. The van der Waals surface area contributed by atoms with E-state index in [2.05, 4.69) is 0 Å². The van der Waals surface area contributed by atoms with Gasteiger partial charge in [0.1, 0.15) is 5.97 Å². The minimum absolute atomic E-state index is 0.0214. The van der Waals surface area contributed by atoms with Crippen LogP contribution >= 0.6 is 0 Å². The third kappa shape index (κ3) is 5.09. The van der Waals surface area contributed by atoms with Crippen molar-refractivity contribution in [1.29, 1.82) is 0 Å². The molecule has 0 N–H and O–H groups in total. The van der Waals surface area contributed by atoms with Gasteiger partial charge in [0.25, 0.3) is 0 Å². The molecule has 0 radical (unpaired) electrons. The standard InChI is InChI=1S/C16H20F2O4/c1-2-3-4-8-11-13(19)22-14(16(17,18)15(20)21)12-9-6-5-7-10-12/h5-7,9-10,14H,2-4,8,11H2,1H3,(H,20,21)/p-1. The van der Waals surface area contributed by atoms with Crippen molar-refractivity contribution >= 4 is 11.9 Å². The number of hydrogen-bond donors (Lipinski definition) is 0. The quantitative estimate of drug-likeness (QED) is 0.519. The molecule has 122 valence electrons. The SMILES string of the molecule is CCCCCCC(=O)OC(c1ccccc1)C(F)(F)C(=O)[O-]. The molecular formula is C16H19F2O4-. The highest BCUT2D eigenvalue weighted by Gasteiger charge is 2.45. The maximum Gasteiger partial charge on any atom is 0.327 e. The molecule has 22 heavy (non-hydrogen) atoms. The number of hydrogen-bond acceptors (Lipinski definition) is 4. The number of benzene rings is 1. The van der Waals surface area contributed by atoms with Crippen molar-refractivity contribution in [1.82, 2.24) is 0 Å². The van der Waals surface area contributed by atoms with E-state index in [1.54, 1.807) is 6.07 Å². The van der Waals surface area contributed by atoms with Gasteiger partial charge in [0.2, 0.25) is 0 Å². The van der Waals surface area contributed by atoms with Crippen LogP contribution < -0.4 is 5.11 Å². The van der Waals surface area contributed by atoms with Crippen molar-refractivity contribution in [2.45, 2.75) is 51.1 Å². The fourth-order valence-corrected chi connectivity index (χ4v) is 1.97. The van der Waals surface area contributed by atoms with E-state index < -0.39 is 24.0 Å². The zero-order chi connectivity index (χ0) is 16.6. The molecule has 0 heterocycles. The van der Waals surface area contributed by atoms with Gasteiger partial charge in [0.05, 0.1) is 0 Å². The van der Waals surface area contributed by atoms with Gasteiger partial charge in [-0.3, -0.25) is 4.79 Å². The van der Waals surface area contributed by atoms with E-state index in [1.807, 2.05) is 6.92 Å². The van der Waals surface area contributed by atoms with Crippen LogP contribution in [0.1, 0.15) is 50.7 Å². The first-order chi connectivity index (χ1) is 10.4. The van der Waals surface area contributed by atoms with Crippen molar-refractivity contribution in [3.05, 3.63) is 35.9 Å². The van der Waals surface area contributed by atoms with Crippen molar-refractivity contribution in [2.75, 3.05) is 0 Å². The lowest BCUT2D eigenvalue weighted by Crippen LogP contribution is -2.47. The first kappa shape index (κ1) is 18.1. The molecule has 4 nitrogen and oxygen atoms in total. The molecule has 1 rings (SSSR count). The van der Waals surface area contributed by atoms with Gasteiger partial charge in [-0.2, -0.15) is 8.78 Å². The second-order valence-electron chi connectivity index (χ2n) is 5.00. The smallest absolute Gasteiger partial charge is 0.327 e. The zero-order valence-electron chi connectivity index (χ0n) is 12.4. The normalized spacial score (nSPS) is 12.7. The van der Waals surface area contributed by atoms with Gasteiger partial charge >= 0.3 is 11.9 Å². The molecule has 0 aliphatic carbocycles. The Morgan fingerprint density at radius 3 is 2.36 bits per heavy atom. The average molecular weight is 313 g/mol. The predicted molar refractivity (Wildman–Crippen MR) is 74.0 cm³/mol. The number of rotatable bonds is 9. The molecule has 1 unspecified atom stereocenters. The van der Waals surface area contributed by atoms with E-state index in [1.165, 1.54) is 24.3 Å². The molecule has 0 spiro atoms. The van der Waals surface area contributed by atoms with Crippen LogP contribution in [-0.2, 0) is 14.3 Å². The van der Waals surface area contributed by atoms with Crippen LogP contribution in [0.2, 0.25) is 0 Å². The number of carbonyl (C=O) groups is 2. The van der Waals surface area contributed by atoms with Crippen LogP contribution in [0, 0.1) is 0 Å². The third-order valence-corrected chi connectivity index (χ3v) is 3.19. The minimum atomic E-state index is -4.29. The molecule has 0 aliphatic rings. The summed E-state index contributed by atoms with van der Waals surface area (Å²) in [6.07, 6.45) is 1.02. The second kappa shape index (κ2) is 8.46. The number of halogens is 2. The second-order valence-corrected chi connectivity index (χ2v) is 5.00. The van der Waals surface area contributed by atoms with Crippen LogP contribution in [0.5, 0.6) is 0 Å². The van der Waals surface area contributed by atoms with E-state index in [-0.39, 0.29) is 12.0 Å². The lowest BCUT2D eigenvalue weighted by atomic mass is 10.0. The predicted octanol–water partition coefficient (Wildman–Crippen LogP) is 2.63. The van der Waals surface area contributed by atoms with Crippen molar-refractivity contribution in [2.24, 2.45) is 0 Å². The summed E-state index contributed by atoms with van der Waals surface area (Å²) in [5, 5.41) is 10.7. The first-order valence-corrected chi connectivity index (χ1v) is 7.23. The van der Waals surface area contributed by atoms with Gasteiger partial charge < -0.3 is 14.6 Å². The Bertz CT molecular complexity index is 488. The Labute approximate surface area is 128 Å². The molecule has 6 heteroatoms. The molecular weight excluding hydrogens is 294 g/mol. The molecule has 0 saturated heterocycles. The van der Waals surface area contributed by atoms with E-state index in [4.69, 9.17) is 4.74 Å². The lowest BCUT2D eigenvalue weighted by molar-refractivity contribution is -0.337. The summed E-state index contributed by atoms with van der Waals surface area (Å²) in [6, 6.07) is 7.08. The Balaban J connectivity index is 2.80. The number of aliphatic carboxylic acids is 1. The molecule has 0 aromatic heterocycles. The summed E-state index contributed by atoms with van der Waals surface area (Å²) in [5.74, 6) is -7.70. The molecule has 0 fully saturated rings. The van der Waals surface area contributed by atoms with E-state index >= 15 is 0 Å². The Kier molecular flexibility index (Phi) is 6.95. The van der Waals surface area contributed by atoms with Crippen LogP contribution in [0.4, 0.5) is 8.78 Å². The van der Waals surface area contributed by atoms with Gasteiger partial charge in [0, 0.05) is 6.42 Å². The van der Waals surface area contributed by atoms with Crippen molar-refractivity contribution in [3.63, 3.8) is 0 Å². The summed E-state index contributed by atoms with van der Waals surface area (Å²) >= 11 is 0. The molecule has 0 aliphatic heterocycles. The van der Waals surface area contributed by atoms with Gasteiger partial charge in [0.15, 0.2) is 6.10 Å². The Morgan fingerprint density at radius 2 is 1.82 bits per heavy atom. The molecule has 1 atom stereocenters. The summed E-state index contributed by atoms with van der Waals surface area (Å²) in [6.45, 7) is 2.00. The van der Waals surface area contributed by atoms with Crippen LogP contribution in [0.25, 0.3) is 0 Å². The van der Waals surface area contributed by atoms with Gasteiger partial charge in [-0.1, -0.05) is 56.5 Å². The summed E-state index contributed by atoms with van der Waals surface area (Å²) in [5.41, 5.74) is -0.0846. The fourth-order valence-electron chi connectivity index (χ4n) is 1.97. The topological polar surface area (TPSA) is 66.4 Å². The number of carboxylic acid groups (broad SMARTS) is 1. The van der Waals surface area contributed by atoms with Crippen LogP contribution in [0.3, 0.4) is 0 Å². The average Bonchev–Trinajstić information content (AvgIpc) is 2.49. The maximum atomic E-state index is 13.8.